The summed E-state index contributed by atoms with van der Waals surface area (Å²) in [5.74, 6) is 0. The van der Waals surface area contributed by atoms with Crippen LogP contribution < -0.4 is 5.73 Å². The van der Waals surface area contributed by atoms with E-state index in [4.69, 9.17) is 5.73 Å². The Morgan fingerprint density at radius 1 is 1.38 bits per heavy atom. The third kappa shape index (κ3) is 4.21. The van der Waals surface area contributed by atoms with Crippen LogP contribution in [0.15, 0.2) is 17.2 Å². The van der Waals surface area contributed by atoms with Crippen LogP contribution in [0.5, 0.6) is 0 Å². The fourth-order valence-corrected chi connectivity index (χ4v) is 3.68. The van der Waals surface area contributed by atoms with Crippen LogP contribution in [0, 0.1) is 0 Å². The molecule has 0 amide bonds. The van der Waals surface area contributed by atoms with E-state index in [0.29, 0.717) is 16.5 Å². The van der Waals surface area contributed by atoms with E-state index in [1.807, 2.05) is 0 Å². The van der Waals surface area contributed by atoms with E-state index in [0.717, 1.165) is 0 Å². The number of aromatic nitrogens is 1. The summed E-state index contributed by atoms with van der Waals surface area (Å²) in [6.07, 6.45) is -3.27. The molecule has 122 valence electrons. The van der Waals surface area contributed by atoms with Gasteiger partial charge in [-0.3, -0.25) is 0 Å². The van der Waals surface area contributed by atoms with Crippen LogP contribution in [-0.2, 0) is 23.1 Å². The number of nitrogens with zero attached hydrogens (tertiary/aromatic N) is 2. The van der Waals surface area contributed by atoms with Gasteiger partial charge in [0.15, 0.2) is 0 Å². The molecule has 9 heteroatoms. The maximum absolute atomic E-state index is 12.6. The number of halogens is 3. The Morgan fingerprint density at radius 3 is 2.29 bits per heavy atom. The molecule has 1 aromatic heterocycles. The molecule has 5 nitrogen and oxygen atoms in total. The van der Waals surface area contributed by atoms with Gasteiger partial charge in [0, 0.05) is 31.0 Å². The highest BCUT2D eigenvalue weighted by molar-refractivity contribution is 7.89. The summed E-state index contributed by atoms with van der Waals surface area (Å²) in [7, 11) is -4.22. The minimum Gasteiger partial charge on any atom is -0.349 e. The number of sulfonamides is 1. The first kappa shape index (κ1) is 18.0. The van der Waals surface area contributed by atoms with E-state index in [9.17, 15) is 21.6 Å². The fraction of sp³-hybridized carbons (Fsp3) is 0.667. The first-order valence-electron chi connectivity index (χ1n) is 6.50. The molecular weight excluding hydrogens is 307 g/mol. The molecule has 0 unspecified atom stereocenters. The molecule has 0 aliphatic heterocycles. The van der Waals surface area contributed by atoms with Crippen molar-refractivity contribution < 1.29 is 21.6 Å². The van der Waals surface area contributed by atoms with Gasteiger partial charge in [-0.15, -0.1) is 0 Å². The van der Waals surface area contributed by atoms with Crippen LogP contribution in [0.4, 0.5) is 13.2 Å². The third-order valence-corrected chi connectivity index (χ3v) is 5.02. The topological polar surface area (TPSA) is 68.3 Å². The third-order valence-electron chi connectivity index (χ3n) is 3.03. The summed E-state index contributed by atoms with van der Waals surface area (Å²) in [5.41, 5.74) is 6.07. The van der Waals surface area contributed by atoms with Gasteiger partial charge in [0.2, 0.25) is 10.0 Å². The molecule has 0 fully saturated rings. The molecule has 0 radical (unpaired) electrons. The molecule has 0 aromatic carbocycles. The second-order valence-electron chi connectivity index (χ2n) is 4.92. The predicted molar refractivity (Wildman–Crippen MR) is 73.1 cm³/mol. The number of rotatable bonds is 6. The van der Waals surface area contributed by atoms with Gasteiger partial charge in [-0.05, 0) is 26.8 Å². The Morgan fingerprint density at radius 2 is 1.95 bits per heavy atom. The molecule has 0 aliphatic carbocycles. The van der Waals surface area contributed by atoms with Crippen molar-refractivity contribution in [3.8, 4) is 0 Å². The van der Waals surface area contributed by atoms with Crippen LogP contribution in [0.2, 0.25) is 0 Å². The number of aryl methyl sites for hydroxylation is 1. The van der Waals surface area contributed by atoms with Gasteiger partial charge in [0.1, 0.15) is 11.4 Å². The van der Waals surface area contributed by atoms with E-state index in [1.165, 1.54) is 26.1 Å². The highest BCUT2D eigenvalue weighted by atomic mass is 32.2. The summed E-state index contributed by atoms with van der Waals surface area (Å²) in [5, 5.41) is 0. The number of alkyl halides is 3. The first-order valence-corrected chi connectivity index (χ1v) is 7.94. The van der Waals surface area contributed by atoms with Crippen molar-refractivity contribution in [3.05, 3.63) is 18.0 Å². The minimum absolute atomic E-state index is 0.115. The maximum Gasteiger partial charge on any atom is 0.402 e. The van der Waals surface area contributed by atoms with Gasteiger partial charge in [0.25, 0.3) is 0 Å². The molecule has 0 saturated carbocycles. The lowest BCUT2D eigenvalue weighted by atomic mass is 10.4. The molecule has 21 heavy (non-hydrogen) atoms. The van der Waals surface area contributed by atoms with Crippen LogP contribution in [-0.4, -0.2) is 36.1 Å². The molecular formula is C12H20F3N3O2S. The van der Waals surface area contributed by atoms with Crippen molar-refractivity contribution >= 4 is 10.0 Å². The summed E-state index contributed by atoms with van der Waals surface area (Å²) in [6, 6.07) is 0.521. The highest BCUT2D eigenvalue weighted by Crippen LogP contribution is 2.25. The summed E-state index contributed by atoms with van der Waals surface area (Å²) >= 11 is 0. The monoisotopic (exact) mass is 327 g/mol. The summed E-state index contributed by atoms with van der Waals surface area (Å²) in [4.78, 5) is -0.164. The number of hydrogen-bond donors (Lipinski definition) is 1. The molecule has 0 bridgehead atoms. The van der Waals surface area contributed by atoms with Gasteiger partial charge in [-0.25, -0.2) is 8.42 Å². The summed E-state index contributed by atoms with van der Waals surface area (Å²) in [6.45, 7) is 3.70. The van der Waals surface area contributed by atoms with Crippen LogP contribution in [0.1, 0.15) is 26.5 Å². The van der Waals surface area contributed by atoms with Crippen molar-refractivity contribution in [1.82, 2.24) is 8.87 Å². The number of hydrogen-bond acceptors (Lipinski definition) is 3. The van der Waals surface area contributed by atoms with Crippen molar-refractivity contribution in [2.75, 3.05) is 6.54 Å². The van der Waals surface area contributed by atoms with Crippen molar-refractivity contribution in [1.29, 1.82) is 0 Å². The SMILES string of the molecule is CCn1cc(S(=O)(=O)N(CC(F)(F)F)C(C)C)cc1CN. The second-order valence-corrected chi connectivity index (χ2v) is 6.81. The van der Waals surface area contributed by atoms with E-state index in [2.05, 4.69) is 0 Å². The first-order chi connectivity index (χ1) is 9.52. The van der Waals surface area contributed by atoms with Crippen molar-refractivity contribution in [3.63, 3.8) is 0 Å². The smallest absolute Gasteiger partial charge is 0.349 e. The lowest BCUT2D eigenvalue weighted by molar-refractivity contribution is -0.138. The van der Waals surface area contributed by atoms with Gasteiger partial charge in [-0.2, -0.15) is 17.5 Å². The Labute approximate surface area is 122 Å². The number of nitrogens with two attached hydrogens (primary N) is 1. The Hall–Kier alpha value is -1.06. The zero-order valence-corrected chi connectivity index (χ0v) is 13.0. The Bertz CT molecular complexity index is 558. The molecule has 1 aromatic rings. The molecule has 0 aliphatic rings. The van der Waals surface area contributed by atoms with Gasteiger partial charge in [0.05, 0.1) is 0 Å². The Kier molecular flexibility index (Phi) is 5.46. The second kappa shape index (κ2) is 6.37. The standard InChI is InChI=1S/C12H20F3N3O2S/c1-4-17-7-11(5-10(17)6-16)21(19,20)18(9(2)3)8-12(13,14)15/h5,7,9H,4,6,8,16H2,1-3H3. The zero-order chi connectivity index (χ0) is 16.4. The summed E-state index contributed by atoms with van der Waals surface area (Å²) < 4.78 is 64.7. The molecule has 2 N–H and O–H groups in total. The quantitative estimate of drug-likeness (QED) is 0.868. The van der Waals surface area contributed by atoms with Crippen molar-refractivity contribution in [2.24, 2.45) is 5.73 Å². The lowest BCUT2D eigenvalue weighted by Gasteiger charge is -2.26. The van der Waals surface area contributed by atoms with E-state index < -0.39 is 28.8 Å². The van der Waals surface area contributed by atoms with Gasteiger partial charge < -0.3 is 10.3 Å². The zero-order valence-electron chi connectivity index (χ0n) is 12.2. The molecule has 1 heterocycles. The molecule has 1 rings (SSSR count). The fourth-order valence-electron chi connectivity index (χ4n) is 1.99. The van der Waals surface area contributed by atoms with Gasteiger partial charge >= 0.3 is 6.18 Å². The van der Waals surface area contributed by atoms with Crippen LogP contribution in [0.3, 0.4) is 0 Å². The van der Waals surface area contributed by atoms with E-state index in [-0.39, 0.29) is 11.4 Å². The molecule has 0 spiro atoms. The van der Waals surface area contributed by atoms with Crippen LogP contribution >= 0.6 is 0 Å². The largest absolute Gasteiger partial charge is 0.402 e. The molecule has 0 saturated heterocycles. The maximum atomic E-state index is 12.6. The minimum atomic E-state index is -4.60. The van der Waals surface area contributed by atoms with Crippen LogP contribution in [0.25, 0.3) is 0 Å². The predicted octanol–water partition coefficient (Wildman–Crippen LogP) is 1.93. The Balaban J connectivity index is 3.26. The average molecular weight is 327 g/mol. The molecule has 0 atom stereocenters. The normalized spacial score (nSPS) is 13.4. The van der Waals surface area contributed by atoms with Crippen molar-refractivity contribution in [2.45, 2.75) is 51.0 Å². The van der Waals surface area contributed by atoms with E-state index >= 15 is 0 Å². The van der Waals surface area contributed by atoms with E-state index in [1.54, 1.807) is 11.5 Å². The van der Waals surface area contributed by atoms with Gasteiger partial charge in [-0.1, -0.05) is 0 Å². The lowest BCUT2D eigenvalue weighted by Crippen LogP contribution is -2.43. The highest BCUT2D eigenvalue weighted by Gasteiger charge is 2.38. The average Bonchev–Trinajstić information content (AvgIpc) is 2.78.